The number of piperidine rings is 1. The molecule has 0 spiro atoms. The summed E-state index contributed by atoms with van der Waals surface area (Å²) < 4.78 is 5.65. The summed E-state index contributed by atoms with van der Waals surface area (Å²) in [6, 6.07) is 17.7. The second kappa shape index (κ2) is 8.69. The summed E-state index contributed by atoms with van der Waals surface area (Å²) in [4.78, 5) is 14.6. The van der Waals surface area contributed by atoms with Crippen molar-refractivity contribution in [3.63, 3.8) is 0 Å². The molecule has 1 aliphatic rings. The lowest BCUT2D eigenvalue weighted by Gasteiger charge is -2.28. The highest BCUT2D eigenvalue weighted by Crippen LogP contribution is 2.22. The van der Waals surface area contributed by atoms with Gasteiger partial charge in [-0.25, -0.2) is 0 Å². The van der Waals surface area contributed by atoms with Gasteiger partial charge in [-0.05, 0) is 55.7 Å². The molecule has 1 saturated heterocycles. The molecule has 2 aromatic carbocycles. The van der Waals surface area contributed by atoms with E-state index in [1.54, 1.807) is 0 Å². The van der Waals surface area contributed by atoms with E-state index < -0.39 is 0 Å². The summed E-state index contributed by atoms with van der Waals surface area (Å²) in [5.41, 5.74) is 2.90. The molecule has 6 nitrogen and oxygen atoms in total. The SMILES string of the molecule is O=C(CCc1nnc(-c2ccccc2)o1)Nc1ccc(N2CCCCC2)cc1. The summed E-state index contributed by atoms with van der Waals surface area (Å²) in [5, 5.41) is 11.0. The van der Waals surface area contributed by atoms with E-state index in [9.17, 15) is 4.79 Å². The van der Waals surface area contributed by atoms with E-state index in [0.29, 0.717) is 24.6 Å². The standard InChI is InChI=1S/C22H24N4O2/c27-20(13-14-21-24-25-22(28-21)17-7-3-1-4-8-17)23-18-9-11-19(12-10-18)26-15-5-2-6-16-26/h1,3-4,7-12H,2,5-6,13-16H2,(H,23,27). The Kier molecular flexibility index (Phi) is 5.66. The minimum absolute atomic E-state index is 0.0646. The third-order valence-electron chi connectivity index (χ3n) is 4.93. The number of hydrogen-bond donors (Lipinski definition) is 1. The maximum Gasteiger partial charge on any atom is 0.247 e. The van der Waals surface area contributed by atoms with Crippen molar-refractivity contribution in [2.45, 2.75) is 32.1 Å². The van der Waals surface area contributed by atoms with Gasteiger partial charge in [0.1, 0.15) is 0 Å². The number of carbonyl (C=O) groups is 1. The number of aryl methyl sites for hydroxylation is 1. The molecule has 3 aromatic rings. The van der Waals surface area contributed by atoms with Gasteiger partial charge in [0.25, 0.3) is 0 Å². The number of rotatable bonds is 6. The van der Waals surface area contributed by atoms with Crippen LogP contribution in [0.5, 0.6) is 0 Å². The first kappa shape index (κ1) is 18.2. The molecular weight excluding hydrogens is 352 g/mol. The topological polar surface area (TPSA) is 71.3 Å². The molecule has 0 radical (unpaired) electrons. The highest BCUT2D eigenvalue weighted by atomic mass is 16.4. The number of hydrogen-bond acceptors (Lipinski definition) is 5. The number of nitrogens with zero attached hydrogens (tertiary/aromatic N) is 3. The summed E-state index contributed by atoms with van der Waals surface area (Å²) in [6.45, 7) is 2.22. The summed E-state index contributed by atoms with van der Waals surface area (Å²) in [5.74, 6) is 0.879. The Labute approximate surface area is 164 Å². The van der Waals surface area contributed by atoms with E-state index in [1.165, 1.54) is 24.9 Å². The van der Waals surface area contributed by atoms with Crippen LogP contribution in [0, 0.1) is 0 Å². The van der Waals surface area contributed by atoms with Crippen molar-refractivity contribution in [2.75, 3.05) is 23.3 Å². The molecule has 1 amide bonds. The Morgan fingerprint density at radius 3 is 2.46 bits per heavy atom. The Morgan fingerprint density at radius 2 is 1.71 bits per heavy atom. The number of anilines is 2. The fraction of sp³-hybridized carbons (Fsp3) is 0.318. The third-order valence-corrected chi connectivity index (χ3v) is 4.93. The number of benzene rings is 2. The van der Waals surface area contributed by atoms with Crippen molar-refractivity contribution in [2.24, 2.45) is 0 Å². The lowest BCUT2D eigenvalue weighted by molar-refractivity contribution is -0.116. The fourth-order valence-electron chi connectivity index (χ4n) is 3.40. The highest BCUT2D eigenvalue weighted by molar-refractivity contribution is 5.90. The van der Waals surface area contributed by atoms with Gasteiger partial charge in [0.15, 0.2) is 0 Å². The molecule has 1 aliphatic heterocycles. The minimum Gasteiger partial charge on any atom is -0.421 e. The van der Waals surface area contributed by atoms with Gasteiger partial charge >= 0.3 is 0 Å². The van der Waals surface area contributed by atoms with Crippen LogP contribution in [-0.2, 0) is 11.2 Å². The maximum absolute atomic E-state index is 12.2. The molecule has 4 rings (SSSR count). The van der Waals surface area contributed by atoms with Gasteiger partial charge in [-0.1, -0.05) is 18.2 Å². The molecule has 0 aliphatic carbocycles. The molecule has 0 unspecified atom stereocenters. The Bertz CT molecular complexity index is 900. The lowest BCUT2D eigenvalue weighted by atomic mass is 10.1. The maximum atomic E-state index is 12.2. The van der Waals surface area contributed by atoms with Gasteiger partial charge in [-0.3, -0.25) is 4.79 Å². The Balaban J connectivity index is 1.28. The van der Waals surface area contributed by atoms with Crippen molar-refractivity contribution in [1.82, 2.24) is 10.2 Å². The zero-order chi connectivity index (χ0) is 19.2. The van der Waals surface area contributed by atoms with Crippen LogP contribution in [0.3, 0.4) is 0 Å². The van der Waals surface area contributed by atoms with Gasteiger partial charge in [-0.15, -0.1) is 10.2 Å². The number of carbonyl (C=O) groups excluding carboxylic acids is 1. The molecule has 0 bridgehead atoms. The van der Waals surface area contributed by atoms with Crippen molar-refractivity contribution in [3.05, 3.63) is 60.5 Å². The largest absolute Gasteiger partial charge is 0.421 e. The Hall–Kier alpha value is -3.15. The predicted octanol–water partition coefficient (Wildman–Crippen LogP) is 4.30. The summed E-state index contributed by atoms with van der Waals surface area (Å²) in [6.07, 6.45) is 4.53. The lowest BCUT2D eigenvalue weighted by Crippen LogP contribution is -2.29. The quantitative estimate of drug-likeness (QED) is 0.694. The van der Waals surface area contributed by atoms with Gasteiger partial charge in [-0.2, -0.15) is 0 Å². The second-order valence-corrected chi connectivity index (χ2v) is 7.01. The molecule has 2 heterocycles. The minimum atomic E-state index is -0.0646. The van der Waals surface area contributed by atoms with Crippen LogP contribution in [0.4, 0.5) is 11.4 Å². The first-order valence-corrected chi connectivity index (χ1v) is 9.80. The Morgan fingerprint density at radius 1 is 0.964 bits per heavy atom. The molecule has 0 saturated carbocycles. The molecule has 1 aromatic heterocycles. The fourth-order valence-corrected chi connectivity index (χ4v) is 3.40. The van der Waals surface area contributed by atoms with Crippen molar-refractivity contribution in [3.8, 4) is 11.5 Å². The number of nitrogens with one attached hydrogen (secondary N) is 1. The van der Waals surface area contributed by atoms with E-state index in [2.05, 4.69) is 32.5 Å². The molecular formula is C22H24N4O2. The second-order valence-electron chi connectivity index (χ2n) is 7.01. The van der Waals surface area contributed by atoms with Crippen molar-refractivity contribution >= 4 is 17.3 Å². The predicted molar refractivity (Wildman–Crippen MR) is 109 cm³/mol. The van der Waals surface area contributed by atoms with Crippen molar-refractivity contribution in [1.29, 1.82) is 0 Å². The van der Waals surface area contributed by atoms with E-state index in [-0.39, 0.29) is 5.91 Å². The monoisotopic (exact) mass is 376 g/mol. The molecule has 144 valence electrons. The van der Waals surface area contributed by atoms with Crippen LogP contribution < -0.4 is 10.2 Å². The molecule has 28 heavy (non-hydrogen) atoms. The zero-order valence-corrected chi connectivity index (χ0v) is 15.8. The van der Waals surface area contributed by atoms with E-state index >= 15 is 0 Å². The average Bonchev–Trinajstić information content (AvgIpc) is 3.23. The normalized spacial score (nSPS) is 14.1. The van der Waals surface area contributed by atoms with Gasteiger partial charge < -0.3 is 14.6 Å². The molecule has 1 N–H and O–H groups in total. The van der Waals surface area contributed by atoms with Gasteiger partial charge in [0, 0.05) is 42.9 Å². The molecule has 0 atom stereocenters. The average molecular weight is 376 g/mol. The first-order valence-electron chi connectivity index (χ1n) is 9.80. The number of amides is 1. The van der Waals surface area contributed by atoms with E-state index in [1.807, 2.05) is 42.5 Å². The first-order chi connectivity index (χ1) is 13.8. The van der Waals surface area contributed by atoms with Crippen LogP contribution in [-0.4, -0.2) is 29.2 Å². The van der Waals surface area contributed by atoms with Crippen LogP contribution in [0.25, 0.3) is 11.5 Å². The van der Waals surface area contributed by atoms with Crippen LogP contribution in [0.2, 0.25) is 0 Å². The van der Waals surface area contributed by atoms with Crippen molar-refractivity contribution < 1.29 is 9.21 Å². The van der Waals surface area contributed by atoms with Gasteiger partial charge in [0.2, 0.25) is 17.7 Å². The van der Waals surface area contributed by atoms with E-state index in [0.717, 1.165) is 24.3 Å². The zero-order valence-electron chi connectivity index (χ0n) is 15.8. The smallest absolute Gasteiger partial charge is 0.247 e. The summed E-state index contributed by atoms with van der Waals surface area (Å²) >= 11 is 0. The van der Waals surface area contributed by atoms with Crippen LogP contribution in [0.15, 0.2) is 59.0 Å². The number of aromatic nitrogens is 2. The summed E-state index contributed by atoms with van der Waals surface area (Å²) in [7, 11) is 0. The van der Waals surface area contributed by atoms with Crippen LogP contribution >= 0.6 is 0 Å². The van der Waals surface area contributed by atoms with Gasteiger partial charge in [0.05, 0.1) is 0 Å². The van der Waals surface area contributed by atoms with Crippen LogP contribution in [0.1, 0.15) is 31.6 Å². The molecule has 1 fully saturated rings. The van der Waals surface area contributed by atoms with E-state index in [4.69, 9.17) is 4.42 Å². The highest BCUT2D eigenvalue weighted by Gasteiger charge is 2.12. The third kappa shape index (κ3) is 4.57. The molecule has 6 heteroatoms.